The van der Waals surface area contributed by atoms with Gasteiger partial charge in [-0.1, -0.05) is 13.8 Å². The van der Waals surface area contributed by atoms with Gasteiger partial charge in [0.05, 0.1) is 5.69 Å². The van der Waals surface area contributed by atoms with Crippen molar-refractivity contribution in [1.82, 2.24) is 19.5 Å². The summed E-state index contributed by atoms with van der Waals surface area (Å²) < 4.78 is 1.50. The highest BCUT2D eigenvalue weighted by Gasteiger charge is 2.11. The van der Waals surface area contributed by atoms with Crippen molar-refractivity contribution in [3.63, 3.8) is 0 Å². The molecule has 0 radical (unpaired) electrons. The summed E-state index contributed by atoms with van der Waals surface area (Å²) in [5.41, 5.74) is 0.742. The lowest BCUT2D eigenvalue weighted by atomic mass is 10.1. The fourth-order valence-electron chi connectivity index (χ4n) is 1.41. The van der Waals surface area contributed by atoms with E-state index in [1.165, 1.54) is 17.1 Å². The average Bonchev–Trinajstić information content (AvgIpc) is 2.77. The Balaban J connectivity index is 2.46. The zero-order chi connectivity index (χ0) is 13.3. The maximum Gasteiger partial charge on any atom is 0.356 e. The predicted octanol–water partition coefficient (Wildman–Crippen LogP) is 2.14. The van der Waals surface area contributed by atoms with Crippen molar-refractivity contribution in [2.24, 2.45) is 0 Å². The molecule has 94 valence electrons. The van der Waals surface area contributed by atoms with Gasteiger partial charge in [-0.25, -0.2) is 14.8 Å². The molecule has 0 aliphatic carbocycles. The fraction of sp³-hybridized carbons (Fsp3) is 0.273. The molecule has 0 aromatic carbocycles. The molecule has 0 unspecified atom stereocenters. The lowest BCUT2D eigenvalue weighted by Gasteiger charge is -2.07. The van der Waals surface area contributed by atoms with Crippen LogP contribution in [0, 0.1) is 0 Å². The number of halogens is 1. The van der Waals surface area contributed by atoms with E-state index in [1.54, 1.807) is 6.07 Å². The van der Waals surface area contributed by atoms with E-state index in [0.717, 1.165) is 5.69 Å². The molecule has 0 aliphatic heterocycles. The van der Waals surface area contributed by atoms with Gasteiger partial charge in [-0.15, -0.1) is 0 Å². The maximum absolute atomic E-state index is 10.8. The fourth-order valence-corrected chi connectivity index (χ4v) is 1.59. The molecule has 6 nitrogen and oxygen atoms in total. The Hall–Kier alpha value is -1.95. The molecule has 0 aliphatic rings. The first kappa shape index (κ1) is 12.5. The van der Waals surface area contributed by atoms with Crippen molar-refractivity contribution >= 4 is 17.6 Å². The summed E-state index contributed by atoms with van der Waals surface area (Å²) in [5.74, 6) is -0.386. The molecule has 2 heterocycles. The quantitative estimate of drug-likeness (QED) is 0.861. The van der Waals surface area contributed by atoms with Crippen molar-refractivity contribution in [2.75, 3.05) is 0 Å². The molecule has 0 saturated heterocycles. The number of carboxylic acid groups (broad SMARTS) is 1. The highest BCUT2D eigenvalue weighted by Crippen LogP contribution is 2.17. The van der Waals surface area contributed by atoms with Gasteiger partial charge in [0.2, 0.25) is 5.28 Å². The molecule has 0 saturated carbocycles. The highest BCUT2D eigenvalue weighted by atomic mass is 35.5. The van der Waals surface area contributed by atoms with E-state index in [0.29, 0.717) is 5.82 Å². The maximum atomic E-state index is 10.8. The Morgan fingerprint density at radius 2 is 2.17 bits per heavy atom. The van der Waals surface area contributed by atoms with Crippen LogP contribution in [0.1, 0.15) is 35.9 Å². The van der Waals surface area contributed by atoms with Crippen LogP contribution in [0.4, 0.5) is 0 Å². The molecule has 0 amide bonds. The van der Waals surface area contributed by atoms with E-state index in [9.17, 15) is 4.79 Å². The summed E-state index contributed by atoms with van der Waals surface area (Å²) in [4.78, 5) is 22.7. The Kier molecular flexibility index (Phi) is 3.29. The molecule has 2 rings (SSSR count). The number of rotatable bonds is 3. The second kappa shape index (κ2) is 4.73. The van der Waals surface area contributed by atoms with Crippen molar-refractivity contribution in [3.8, 4) is 5.82 Å². The largest absolute Gasteiger partial charge is 0.476 e. The van der Waals surface area contributed by atoms with Gasteiger partial charge >= 0.3 is 5.97 Å². The van der Waals surface area contributed by atoms with E-state index in [1.807, 2.05) is 13.8 Å². The third-order valence-corrected chi connectivity index (χ3v) is 2.53. The second-order valence-corrected chi connectivity index (χ2v) is 4.38. The first-order valence-corrected chi connectivity index (χ1v) is 5.67. The van der Waals surface area contributed by atoms with E-state index >= 15 is 0 Å². The van der Waals surface area contributed by atoms with Crippen LogP contribution < -0.4 is 0 Å². The van der Waals surface area contributed by atoms with Crippen molar-refractivity contribution in [2.45, 2.75) is 19.8 Å². The Bertz CT molecular complexity index is 594. The number of hydrogen-bond donors (Lipinski definition) is 1. The molecule has 1 N–H and O–H groups in total. The van der Waals surface area contributed by atoms with Gasteiger partial charge in [-0.2, -0.15) is 4.98 Å². The Labute approximate surface area is 108 Å². The van der Waals surface area contributed by atoms with Gasteiger partial charge in [-0.05, 0) is 17.5 Å². The number of imidazole rings is 1. The van der Waals surface area contributed by atoms with Crippen molar-refractivity contribution in [3.05, 3.63) is 35.3 Å². The van der Waals surface area contributed by atoms with Gasteiger partial charge in [-0.3, -0.25) is 4.57 Å². The highest BCUT2D eigenvalue weighted by molar-refractivity contribution is 6.28. The van der Waals surface area contributed by atoms with Crippen LogP contribution in [-0.2, 0) is 0 Å². The van der Waals surface area contributed by atoms with Crippen LogP contribution in [0.3, 0.4) is 0 Å². The zero-order valence-corrected chi connectivity index (χ0v) is 10.6. The minimum Gasteiger partial charge on any atom is -0.476 e. The predicted molar refractivity (Wildman–Crippen MR) is 65.2 cm³/mol. The van der Waals surface area contributed by atoms with Crippen LogP contribution in [0.25, 0.3) is 5.82 Å². The summed E-state index contributed by atoms with van der Waals surface area (Å²) in [6.45, 7) is 3.97. The summed E-state index contributed by atoms with van der Waals surface area (Å²) in [6.07, 6.45) is 2.76. The van der Waals surface area contributed by atoms with Crippen LogP contribution in [-0.4, -0.2) is 30.6 Å². The van der Waals surface area contributed by atoms with Crippen LogP contribution >= 0.6 is 11.6 Å². The third kappa shape index (κ3) is 2.48. The second-order valence-electron chi connectivity index (χ2n) is 4.05. The van der Waals surface area contributed by atoms with Crippen LogP contribution in [0.15, 0.2) is 18.6 Å². The molecule has 7 heteroatoms. The topological polar surface area (TPSA) is 80.9 Å². The van der Waals surface area contributed by atoms with Crippen molar-refractivity contribution in [1.29, 1.82) is 0 Å². The number of carboxylic acids is 1. The molecular formula is C11H11ClN4O2. The molecule has 18 heavy (non-hydrogen) atoms. The minimum atomic E-state index is -1.09. The standard InChI is InChI=1S/C11H11ClN4O2/c1-6(2)7-3-9(15-11(12)14-7)16-4-8(10(17)18)13-5-16/h3-6H,1-2H3,(H,17,18). The van der Waals surface area contributed by atoms with Crippen LogP contribution in [0.2, 0.25) is 5.28 Å². The number of nitrogens with zero attached hydrogens (tertiary/aromatic N) is 4. The van der Waals surface area contributed by atoms with Gasteiger partial charge in [0.25, 0.3) is 0 Å². The first-order valence-electron chi connectivity index (χ1n) is 5.29. The summed E-state index contributed by atoms with van der Waals surface area (Å²) in [7, 11) is 0. The van der Waals surface area contributed by atoms with E-state index in [-0.39, 0.29) is 16.9 Å². The number of carbonyl (C=O) groups is 1. The minimum absolute atomic E-state index is 0.0455. The molecule has 0 spiro atoms. The summed E-state index contributed by atoms with van der Waals surface area (Å²) in [6, 6.07) is 1.75. The lowest BCUT2D eigenvalue weighted by Crippen LogP contribution is -2.02. The van der Waals surface area contributed by atoms with E-state index < -0.39 is 5.97 Å². The number of aromatic nitrogens is 4. The monoisotopic (exact) mass is 266 g/mol. The van der Waals surface area contributed by atoms with Gasteiger partial charge in [0, 0.05) is 12.3 Å². The van der Waals surface area contributed by atoms with Gasteiger partial charge in [0.1, 0.15) is 12.1 Å². The SMILES string of the molecule is CC(C)c1cc(-n2cnc(C(=O)O)c2)nc(Cl)n1. The van der Waals surface area contributed by atoms with E-state index in [4.69, 9.17) is 16.7 Å². The molecule has 0 atom stereocenters. The Morgan fingerprint density at radius 1 is 1.44 bits per heavy atom. The van der Waals surface area contributed by atoms with Gasteiger partial charge < -0.3 is 5.11 Å². The Morgan fingerprint density at radius 3 is 2.72 bits per heavy atom. The van der Waals surface area contributed by atoms with Crippen molar-refractivity contribution < 1.29 is 9.90 Å². The summed E-state index contributed by atoms with van der Waals surface area (Å²) >= 11 is 5.84. The third-order valence-electron chi connectivity index (χ3n) is 2.36. The first-order chi connectivity index (χ1) is 8.47. The van der Waals surface area contributed by atoms with E-state index in [2.05, 4.69) is 15.0 Å². The smallest absolute Gasteiger partial charge is 0.356 e. The lowest BCUT2D eigenvalue weighted by molar-refractivity contribution is 0.0691. The number of hydrogen-bond acceptors (Lipinski definition) is 4. The zero-order valence-electron chi connectivity index (χ0n) is 9.83. The molecule has 0 fully saturated rings. The average molecular weight is 267 g/mol. The molecule has 2 aromatic rings. The summed E-state index contributed by atoms with van der Waals surface area (Å²) in [5, 5.41) is 8.93. The molecule has 2 aromatic heterocycles. The number of aromatic carboxylic acids is 1. The molecule has 0 bridgehead atoms. The van der Waals surface area contributed by atoms with Gasteiger partial charge in [0.15, 0.2) is 5.69 Å². The van der Waals surface area contributed by atoms with Crippen LogP contribution in [0.5, 0.6) is 0 Å². The molecular weight excluding hydrogens is 256 g/mol. The normalized spacial score (nSPS) is 10.9.